The molecule has 2 nitrogen and oxygen atoms in total. The molecular weight excluding hydrogens is 210 g/mol. The van der Waals surface area contributed by atoms with Crippen LogP contribution in [0, 0.1) is 0 Å². The highest BCUT2D eigenvalue weighted by atomic mass is 16.3. The molecule has 0 aliphatic heterocycles. The molecule has 0 fully saturated rings. The number of rotatable bonds is 8. The highest BCUT2D eigenvalue weighted by Crippen LogP contribution is 2.11. The maximum atomic E-state index is 9.98. The molecule has 2 N–H and O–H groups in total. The fraction of sp³-hybridized carbons (Fsp3) is 0.600. The Bertz CT molecular complexity index is 286. The van der Waals surface area contributed by atoms with Crippen molar-refractivity contribution >= 4 is 0 Å². The molecule has 0 saturated carbocycles. The number of aliphatic hydroxyl groups excluding tert-OH is 1. The summed E-state index contributed by atoms with van der Waals surface area (Å²) in [4.78, 5) is 0. The van der Waals surface area contributed by atoms with Crippen molar-refractivity contribution in [1.82, 2.24) is 5.32 Å². The highest BCUT2D eigenvalue weighted by molar-refractivity contribution is 5.17. The van der Waals surface area contributed by atoms with Gasteiger partial charge in [0.05, 0.1) is 6.10 Å². The Balaban J connectivity index is 2.21. The van der Waals surface area contributed by atoms with Crippen molar-refractivity contribution < 1.29 is 5.11 Å². The highest BCUT2D eigenvalue weighted by Gasteiger charge is 2.08. The van der Waals surface area contributed by atoms with Gasteiger partial charge in [0.1, 0.15) is 0 Å². The standard InChI is InChI=1S/C15H25NO/c1-3-4-6-9-13(2)16-12-15(17)14-10-7-5-8-11-14/h5,7-8,10-11,13,15-17H,3-4,6,9,12H2,1-2H3/t13-,15+/m0/s1. The number of aliphatic hydroxyl groups is 1. The number of benzene rings is 1. The lowest BCUT2D eigenvalue weighted by Gasteiger charge is -2.17. The predicted molar refractivity (Wildman–Crippen MR) is 73.0 cm³/mol. The van der Waals surface area contributed by atoms with E-state index in [0.717, 1.165) is 5.56 Å². The van der Waals surface area contributed by atoms with Crippen molar-refractivity contribution in [1.29, 1.82) is 0 Å². The van der Waals surface area contributed by atoms with Crippen LogP contribution in [0.1, 0.15) is 51.2 Å². The van der Waals surface area contributed by atoms with E-state index in [-0.39, 0.29) is 0 Å². The van der Waals surface area contributed by atoms with E-state index < -0.39 is 6.10 Å². The SMILES string of the molecule is CCCCC[C@H](C)NC[C@@H](O)c1ccccc1. The molecule has 2 heteroatoms. The lowest BCUT2D eigenvalue weighted by atomic mass is 10.1. The maximum absolute atomic E-state index is 9.98. The smallest absolute Gasteiger partial charge is 0.0914 e. The van der Waals surface area contributed by atoms with Gasteiger partial charge in [0.2, 0.25) is 0 Å². The molecule has 0 aliphatic rings. The van der Waals surface area contributed by atoms with Crippen LogP contribution in [0.3, 0.4) is 0 Å². The van der Waals surface area contributed by atoms with Gasteiger partial charge in [-0.15, -0.1) is 0 Å². The molecule has 0 radical (unpaired) electrons. The van der Waals surface area contributed by atoms with Crippen LogP contribution < -0.4 is 5.32 Å². The fourth-order valence-corrected chi connectivity index (χ4v) is 1.91. The van der Waals surface area contributed by atoms with E-state index in [0.29, 0.717) is 12.6 Å². The minimum Gasteiger partial charge on any atom is -0.387 e. The molecule has 0 amide bonds. The molecule has 0 heterocycles. The summed E-state index contributed by atoms with van der Waals surface area (Å²) in [6, 6.07) is 10.3. The minimum atomic E-state index is -0.398. The van der Waals surface area contributed by atoms with Crippen molar-refractivity contribution in [3.63, 3.8) is 0 Å². The zero-order chi connectivity index (χ0) is 12.5. The topological polar surface area (TPSA) is 32.3 Å². The summed E-state index contributed by atoms with van der Waals surface area (Å²) in [5, 5.41) is 13.4. The van der Waals surface area contributed by atoms with E-state index in [2.05, 4.69) is 19.2 Å². The summed E-state index contributed by atoms with van der Waals surface area (Å²) in [5.74, 6) is 0. The Hall–Kier alpha value is -0.860. The average molecular weight is 235 g/mol. The van der Waals surface area contributed by atoms with E-state index in [1.165, 1.54) is 25.7 Å². The summed E-state index contributed by atoms with van der Waals surface area (Å²) in [7, 11) is 0. The van der Waals surface area contributed by atoms with Crippen LogP contribution in [0.25, 0.3) is 0 Å². The van der Waals surface area contributed by atoms with Crippen LogP contribution >= 0.6 is 0 Å². The second kappa shape index (κ2) is 8.26. The molecule has 1 aromatic rings. The molecule has 0 unspecified atom stereocenters. The zero-order valence-corrected chi connectivity index (χ0v) is 11.0. The van der Waals surface area contributed by atoms with Gasteiger partial charge < -0.3 is 10.4 Å². The number of unbranched alkanes of at least 4 members (excludes halogenated alkanes) is 2. The van der Waals surface area contributed by atoms with Crippen LogP contribution in [-0.4, -0.2) is 17.7 Å². The van der Waals surface area contributed by atoms with E-state index in [9.17, 15) is 5.11 Å². The predicted octanol–water partition coefficient (Wildman–Crippen LogP) is 3.28. The van der Waals surface area contributed by atoms with Crippen molar-refractivity contribution in [3.8, 4) is 0 Å². The Morgan fingerprint density at radius 3 is 2.53 bits per heavy atom. The first kappa shape index (κ1) is 14.2. The maximum Gasteiger partial charge on any atom is 0.0914 e. The quantitative estimate of drug-likeness (QED) is 0.678. The summed E-state index contributed by atoms with van der Waals surface area (Å²) in [5.41, 5.74) is 0.987. The zero-order valence-electron chi connectivity index (χ0n) is 11.0. The molecule has 1 rings (SSSR count). The molecule has 0 aromatic heterocycles. The number of nitrogens with one attached hydrogen (secondary N) is 1. The van der Waals surface area contributed by atoms with Gasteiger partial charge in [-0.05, 0) is 18.9 Å². The third-order valence-corrected chi connectivity index (χ3v) is 3.08. The summed E-state index contributed by atoms with van der Waals surface area (Å²) in [6.45, 7) is 5.04. The Kier molecular flexibility index (Phi) is 6.90. The number of hydrogen-bond donors (Lipinski definition) is 2. The first-order valence-corrected chi connectivity index (χ1v) is 6.70. The first-order valence-electron chi connectivity index (χ1n) is 6.70. The monoisotopic (exact) mass is 235 g/mol. The van der Waals surface area contributed by atoms with Crippen molar-refractivity contribution in [2.45, 2.75) is 51.7 Å². The lowest BCUT2D eigenvalue weighted by molar-refractivity contribution is 0.170. The van der Waals surface area contributed by atoms with Gasteiger partial charge >= 0.3 is 0 Å². The lowest BCUT2D eigenvalue weighted by Crippen LogP contribution is -2.30. The van der Waals surface area contributed by atoms with E-state index in [1.54, 1.807) is 0 Å². The van der Waals surface area contributed by atoms with Gasteiger partial charge in [-0.1, -0.05) is 56.5 Å². The van der Waals surface area contributed by atoms with Crippen LogP contribution in [0.15, 0.2) is 30.3 Å². The molecule has 2 atom stereocenters. The third kappa shape index (κ3) is 5.85. The molecule has 0 aliphatic carbocycles. The van der Waals surface area contributed by atoms with E-state index in [4.69, 9.17) is 0 Å². The molecule has 0 bridgehead atoms. The average Bonchev–Trinajstić information content (AvgIpc) is 2.37. The van der Waals surface area contributed by atoms with Gasteiger partial charge in [0.25, 0.3) is 0 Å². The molecule has 17 heavy (non-hydrogen) atoms. The van der Waals surface area contributed by atoms with Crippen LogP contribution in [0.4, 0.5) is 0 Å². The van der Waals surface area contributed by atoms with Gasteiger partial charge in [0, 0.05) is 12.6 Å². The van der Waals surface area contributed by atoms with E-state index in [1.807, 2.05) is 30.3 Å². The van der Waals surface area contributed by atoms with Gasteiger partial charge in [-0.2, -0.15) is 0 Å². The van der Waals surface area contributed by atoms with Gasteiger partial charge in [-0.3, -0.25) is 0 Å². The Morgan fingerprint density at radius 2 is 1.88 bits per heavy atom. The van der Waals surface area contributed by atoms with Crippen LogP contribution in [0.2, 0.25) is 0 Å². The van der Waals surface area contributed by atoms with Crippen molar-refractivity contribution in [3.05, 3.63) is 35.9 Å². The van der Waals surface area contributed by atoms with Crippen LogP contribution in [-0.2, 0) is 0 Å². The second-order valence-electron chi connectivity index (χ2n) is 4.73. The first-order chi connectivity index (χ1) is 8.24. The minimum absolute atomic E-state index is 0.398. The van der Waals surface area contributed by atoms with Crippen molar-refractivity contribution in [2.24, 2.45) is 0 Å². The molecule has 0 spiro atoms. The van der Waals surface area contributed by atoms with Crippen molar-refractivity contribution in [2.75, 3.05) is 6.54 Å². The summed E-state index contributed by atoms with van der Waals surface area (Å²) >= 11 is 0. The largest absolute Gasteiger partial charge is 0.387 e. The van der Waals surface area contributed by atoms with Crippen LogP contribution in [0.5, 0.6) is 0 Å². The molecule has 1 aromatic carbocycles. The normalized spacial score (nSPS) is 14.5. The molecule has 96 valence electrons. The third-order valence-electron chi connectivity index (χ3n) is 3.08. The summed E-state index contributed by atoms with van der Waals surface area (Å²) in [6.07, 6.45) is 4.62. The number of hydrogen-bond acceptors (Lipinski definition) is 2. The summed E-state index contributed by atoms with van der Waals surface area (Å²) < 4.78 is 0. The second-order valence-corrected chi connectivity index (χ2v) is 4.73. The van der Waals surface area contributed by atoms with Gasteiger partial charge in [0.15, 0.2) is 0 Å². The Morgan fingerprint density at radius 1 is 1.18 bits per heavy atom. The van der Waals surface area contributed by atoms with Gasteiger partial charge in [-0.25, -0.2) is 0 Å². The molecular formula is C15H25NO. The molecule has 0 saturated heterocycles. The fourth-order valence-electron chi connectivity index (χ4n) is 1.91. The van der Waals surface area contributed by atoms with E-state index >= 15 is 0 Å². The Labute approximate surface area is 105 Å².